The number of carbonyl (C=O) groups excluding carboxylic acids is 2. The van der Waals surface area contributed by atoms with Crippen molar-refractivity contribution < 1.29 is 24.2 Å². The molecular formula is C12H19N3O5. The highest BCUT2D eigenvalue weighted by Gasteiger charge is 2.21. The van der Waals surface area contributed by atoms with Crippen LogP contribution in [-0.2, 0) is 14.3 Å². The van der Waals surface area contributed by atoms with E-state index in [0.717, 1.165) is 4.90 Å². The van der Waals surface area contributed by atoms with E-state index in [0.29, 0.717) is 13.2 Å². The number of carbonyl (C=O) groups is 3. The maximum Gasteiger partial charge on any atom is 0.327 e. The Morgan fingerprint density at radius 3 is 2.60 bits per heavy atom. The third-order valence-electron chi connectivity index (χ3n) is 2.27. The Morgan fingerprint density at radius 2 is 2.10 bits per heavy atom. The van der Waals surface area contributed by atoms with Crippen molar-refractivity contribution in [3.8, 4) is 12.3 Å². The molecule has 0 aromatic carbocycles. The van der Waals surface area contributed by atoms with Crippen molar-refractivity contribution in [1.82, 2.24) is 15.5 Å². The predicted octanol–water partition coefficient (Wildman–Crippen LogP) is -1.13. The average molecular weight is 285 g/mol. The van der Waals surface area contributed by atoms with Gasteiger partial charge in [-0.3, -0.25) is 4.79 Å². The van der Waals surface area contributed by atoms with Crippen molar-refractivity contribution in [2.24, 2.45) is 0 Å². The Kier molecular flexibility index (Phi) is 8.54. The summed E-state index contributed by atoms with van der Waals surface area (Å²) < 4.78 is 4.76. The van der Waals surface area contributed by atoms with Gasteiger partial charge < -0.3 is 25.4 Å². The lowest BCUT2D eigenvalue weighted by atomic mass is 10.2. The van der Waals surface area contributed by atoms with Gasteiger partial charge >= 0.3 is 12.0 Å². The number of aliphatic carboxylic acids is 1. The second kappa shape index (κ2) is 9.63. The molecule has 0 aliphatic carbocycles. The zero-order valence-corrected chi connectivity index (χ0v) is 11.5. The molecule has 0 bridgehead atoms. The standard InChI is InChI=1S/C12H19N3O5/c1-4-5-9(11(17)18)14-12(19)15(2)8-10(16)13-6-7-20-3/h1,9H,5-8H2,2-3H3,(H,13,16)(H,14,19)(H,17,18). The number of hydrogen-bond donors (Lipinski definition) is 3. The van der Waals surface area contributed by atoms with Gasteiger partial charge in [-0.25, -0.2) is 9.59 Å². The SMILES string of the molecule is C#CCC(NC(=O)N(C)CC(=O)NCCOC)C(=O)O. The van der Waals surface area contributed by atoms with E-state index in [-0.39, 0.29) is 18.9 Å². The molecule has 0 aliphatic rings. The Balaban J connectivity index is 4.23. The second-order valence-electron chi connectivity index (χ2n) is 3.95. The first-order chi connectivity index (χ1) is 9.42. The molecule has 0 heterocycles. The smallest absolute Gasteiger partial charge is 0.327 e. The Labute approximate surface area is 117 Å². The van der Waals surface area contributed by atoms with E-state index < -0.39 is 18.0 Å². The van der Waals surface area contributed by atoms with Crippen LogP contribution in [0.5, 0.6) is 0 Å². The van der Waals surface area contributed by atoms with Gasteiger partial charge in [0.25, 0.3) is 0 Å². The summed E-state index contributed by atoms with van der Waals surface area (Å²) in [4.78, 5) is 35.0. The number of carboxylic acids is 1. The molecule has 1 atom stereocenters. The molecule has 0 aromatic heterocycles. The number of methoxy groups -OCH3 is 1. The largest absolute Gasteiger partial charge is 0.480 e. The van der Waals surface area contributed by atoms with Crippen LogP contribution in [0, 0.1) is 12.3 Å². The van der Waals surface area contributed by atoms with Crippen molar-refractivity contribution in [3.63, 3.8) is 0 Å². The second-order valence-corrected chi connectivity index (χ2v) is 3.95. The molecule has 8 nitrogen and oxygen atoms in total. The van der Waals surface area contributed by atoms with Gasteiger partial charge in [-0.05, 0) is 0 Å². The molecule has 0 radical (unpaired) electrons. The maximum absolute atomic E-state index is 11.7. The van der Waals surface area contributed by atoms with E-state index in [2.05, 4.69) is 16.6 Å². The lowest BCUT2D eigenvalue weighted by Crippen LogP contribution is -2.49. The topological polar surface area (TPSA) is 108 Å². The number of urea groups is 1. The molecule has 8 heteroatoms. The van der Waals surface area contributed by atoms with Crippen LogP contribution in [0.3, 0.4) is 0 Å². The van der Waals surface area contributed by atoms with Crippen LogP contribution in [0.2, 0.25) is 0 Å². The van der Waals surface area contributed by atoms with Gasteiger partial charge in [0.05, 0.1) is 6.61 Å². The summed E-state index contributed by atoms with van der Waals surface area (Å²) in [7, 11) is 2.88. The van der Waals surface area contributed by atoms with Gasteiger partial charge in [0, 0.05) is 27.1 Å². The zero-order valence-electron chi connectivity index (χ0n) is 11.5. The first-order valence-electron chi connectivity index (χ1n) is 5.85. The van der Waals surface area contributed by atoms with Gasteiger partial charge in [0.1, 0.15) is 12.6 Å². The number of terminal acetylenes is 1. The van der Waals surface area contributed by atoms with Crippen LogP contribution in [0.25, 0.3) is 0 Å². The van der Waals surface area contributed by atoms with Crippen LogP contribution in [-0.4, -0.2) is 67.8 Å². The minimum Gasteiger partial charge on any atom is -0.480 e. The molecule has 0 fully saturated rings. The highest BCUT2D eigenvalue weighted by atomic mass is 16.5. The summed E-state index contributed by atoms with van der Waals surface area (Å²) in [6.07, 6.45) is 4.88. The molecule has 0 aliphatic heterocycles. The minimum atomic E-state index is -1.23. The Bertz CT molecular complexity index is 391. The van der Waals surface area contributed by atoms with E-state index in [1.165, 1.54) is 14.2 Å². The monoisotopic (exact) mass is 285 g/mol. The number of nitrogens with zero attached hydrogens (tertiary/aromatic N) is 1. The van der Waals surface area contributed by atoms with E-state index >= 15 is 0 Å². The van der Waals surface area contributed by atoms with E-state index in [1.807, 2.05) is 0 Å². The molecule has 3 N–H and O–H groups in total. The summed E-state index contributed by atoms with van der Waals surface area (Å²) in [5.41, 5.74) is 0. The van der Waals surface area contributed by atoms with E-state index in [4.69, 9.17) is 16.3 Å². The lowest BCUT2D eigenvalue weighted by Gasteiger charge is -2.20. The van der Waals surface area contributed by atoms with Crippen LogP contribution in [0.1, 0.15) is 6.42 Å². The summed E-state index contributed by atoms with van der Waals surface area (Å²) in [5.74, 6) is 0.562. The summed E-state index contributed by atoms with van der Waals surface area (Å²) in [5, 5.41) is 13.6. The van der Waals surface area contributed by atoms with Crippen molar-refractivity contribution in [3.05, 3.63) is 0 Å². The first kappa shape index (κ1) is 17.7. The van der Waals surface area contributed by atoms with E-state index in [9.17, 15) is 14.4 Å². The number of carboxylic acid groups (broad SMARTS) is 1. The number of rotatable bonds is 8. The zero-order chi connectivity index (χ0) is 15.5. The third-order valence-corrected chi connectivity index (χ3v) is 2.27. The molecular weight excluding hydrogens is 266 g/mol. The van der Waals surface area contributed by atoms with Crippen molar-refractivity contribution in [2.75, 3.05) is 33.9 Å². The van der Waals surface area contributed by atoms with Gasteiger partial charge in [-0.1, -0.05) is 0 Å². The molecule has 0 saturated heterocycles. The Hall–Kier alpha value is -2.27. The number of likely N-dealkylation sites (N-methyl/N-ethyl adjacent to an activating group) is 1. The molecule has 20 heavy (non-hydrogen) atoms. The first-order valence-corrected chi connectivity index (χ1v) is 5.85. The van der Waals surface area contributed by atoms with Gasteiger partial charge in [-0.2, -0.15) is 0 Å². The number of hydrogen-bond acceptors (Lipinski definition) is 4. The molecule has 0 saturated carbocycles. The number of ether oxygens (including phenoxy) is 1. The lowest BCUT2D eigenvalue weighted by molar-refractivity contribution is -0.139. The normalized spacial score (nSPS) is 11.1. The minimum absolute atomic E-state index is 0.130. The number of amides is 3. The summed E-state index contributed by atoms with van der Waals surface area (Å²) in [6.45, 7) is 0.502. The van der Waals surface area contributed by atoms with Crippen LogP contribution in [0.4, 0.5) is 4.79 Å². The quantitative estimate of drug-likeness (QED) is 0.386. The highest BCUT2D eigenvalue weighted by molar-refractivity contribution is 5.86. The molecule has 0 spiro atoms. The molecule has 112 valence electrons. The van der Waals surface area contributed by atoms with Gasteiger partial charge in [-0.15, -0.1) is 12.3 Å². The van der Waals surface area contributed by atoms with Crippen molar-refractivity contribution >= 4 is 17.9 Å². The summed E-state index contributed by atoms with van der Waals surface area (Å²) in [6, 6.07) is -1.86. The Morgan fingerprint density at radius 1 is 1.45 bits per heavy atom. The molecule has 1 unspecified atom stereocenters. The van der Waals surface area contributed by atoms with Gasteiger partial charge in [0.15, 0.2) is 0 Å². The predicted molar refractivity (Wildman–Crippen MR) is 70.9 cm³/mol. The van der Waals surface area contributed by atoms with Crippen LogP contribution < -0.4 is 10.6 Å². The van der Waals surface area contributed by atoms with Gasteiger partial charge in [0.2, 0.25) is 5.91 Å². The maximum atomic E-state index is 11.7. The highest BCUT2D eigenvalue weighted by Crippen LogP contribution is 1.93. The molecule has 0 aromatic rings. The summed E-state index contributed by atoms with van der Waals surface area (Å²) >= 11 is 0. The van der Waals surface area contributed by atoms with Crippen molar-refractivity contribution in [2.45, 2.75) is 12.5 Å². The fraction of sp³-hybridized carbons (Fsp3) is 0.583. The van der Waals surface area contributed by atoms with Crippen LogP contribution in [0.15, 0.2) is 0 Å². The fourth-order valence-electron chi connectivity index (χ4n) is 1.21. The third kappa shape index (κ3) is 7.23. The molecule has 3 amide bonds. The van der Waals surface area contributed by atoms with Crippen molar-refractivity contribution in [1.29, 1.82) is 0 Å². The van der Waals surface area contributed by atoms with Crippen LogP contribution >= 0.6 is 0 Å². The average Bonchev–Trinajstić information content (AvgIpc) is 2.38. The fourth-order valence-corrected chi connectivity index (χ4v) is 1.21. The number of nitrogens with one attached hydrogen (secondary N) is 2. The molecule has 0 rings (SSSR count). The van der Waals surface area contributed by atoms with E-state index in [1.54, 1.807) is 0 Å².